The molecule has 0 rings (SSSR count). The second-order valence-electron chi connectivity index (χ2n) is 1.65. The molecule has 0 spiro atoms. The Balaban J connectivity index is -0.000000500. The van der Waals surface area contributed by atoms with E-state index in [1.165, 1.54) is 0 Å². The normalized spacial score (nSPS) is 11.2. The van der Waals surface area contributed by atoms with Crippen LogP contribution < -0.4 is 108 Å². The van der Waals surface area contributed by atoms with Crippen LogP contribution in [0.5, 0.6) is 0 Å². The maximum atomic E-state index is 9.80. The Morgan fingerprint density at radius 3 is 1.23 bits per heavy atom. The van der Waals surface area contributed by atoms with Gasteiger partial charge in [0.2, 0.25) is 0 Å². The van der Waals surface area contributed by atoms with Gasteiger partial charge in [-0.3, -0.25) is 5.32 Å². The fourth-order valence-electron chi connectivity index (χ4n) is 0.292. The van der Waals surface area contributed by atoms with Gasteiger partial charge in [-0.1, -0.05) is 0 Å². The summed E-state index contributed by atoms with van der Waals surface area (Å²) in [4.78, 5) is 0. The molecule has 0 amide bonds. The summed E-state index contributed by atoms with van der Waals surface area (Å²) < 4.78 is 58.8. The summed E-state index contributed by atoms with van der Waals surface area (Å²) >= 11 is 0. The van der Waals surface area contributed by atoms with Crippen LogP contribution in [0.25, 0.3) is 0 Å². The van der Waals surface area contributed by atoms with Crippen LogP contribution in [0, 0.1) is 0 Å². The molecule has 7 nitrogen and oxygen atoms in total. The summed E-state index contributed by atoms with van der Waals surface area (Å²) in [5, 5.41) is 1.66. The molecule has 1 N–H and O–H groups in total. The van der Waals surface area contributed by atoms with Gasteiger partial charge in [0.15, 0.2) is 0 Å². The SMILES string of the molecule is O=S(=O)([O-])CNCS(=O)(=O)[O-].[K+].[K+]. The largest absolute Gasteiger partial charge is 1.00 e. The standard InChI is InChI=1S/C2H7NO6S2.2K/c4-10(5,6)1-3-2-11(7,8)9;;/h3H,1-2H2,(H,4,5,6)(H,7,8,9);;/q;2*+1/p-2. The molecule has 68 valence electrons. The molecule has 0 saturated heterocycles. The van der Waals surface area contributed by atoms with E-state index in [1.54, 1.807) is 5.32 Å². The molecule has 0 unspecified atom stereocenters. The van der Waals surface area contributed by atoms with Gasteiger partial charge in [-0.25, -0.2) is 16.8 Å². The predicted molar refractivity (Wildman–Crippen MR) is 32.3 cm³/mol. The molecule has 0 radical (unpaired) electrons. The van der Waals surface area contributed by atoms with E-state index in [2.05, 4.69) is 0 Å². The summed E-state index contributed by atoms with van der Waals surface area (Å²) in [7, 11) is -9.02. The van der Waals surface area contributed by atoms with Crippen LogP contribution in [-0.4, -0.2) is 37.7 Å². The van der Waals surface area contributed by atoms with Crippen LogP contribution in [0.3, 0.4) is 0 Å². The maximum absolute atomic E-state index is 9.80. The molecule has 0 saturated carbocycles. The average molecular weight is 281 g/mol. The van der Waals surface area contributed by atoms with Crippen LogP contribution in [0.15, 0.2) is 0 Å². The van der Waals surface area contributed by atoms with Crippen molar-refractivity contribution in [1.82, 2.24) is 5.32 Å². The van der Waals surface area contributed by atoms with Crippen molar-refractivity contribution in [1.29, 1.82) is 0 Å². The molecule has 13 heavy (non-hydrogen) atoms. The molecule has 0 atom stereocenters. The van der Waals surface area contributed by atoms with Crippen LogP contribution in [-0.2, 0) is 20.2 Å². The third-order valence-corrected chi connectivity index (χ3v) is 1.67. The fourth-order valence-corrected chi connectivity index (χ4v) is 1.12. The molecule has 0 bridgehead atoms. The summed E-state index contributed by atoms with van der Waals surface area (Å²) in [6.07, 6.45) is 0. The summed E-state index contributed by atoms with van der Waals surface area (Å²) in [5.74, 6) is -2.12. The van der Waals surface area contributed by atoms with Gasteiger partial charge in [0.05, 0.1) is 11.8 Å². The third-order valence-electron chi connectivity index (χ3n) is 0.558. The Hall–Kier alpha value is 3.05. The zero-order chi connectivity index (χ0) is 9.12. The van der Waals surface area contributed by atoms with Crippen LogP contribution >= 0.6 is 0 Å². The maximum Gasteiger partial charge on any atom is 1.00 e. The van der Waals surface area contributed by atoms with E-state index < -0.39 is 32.0 Å². The van der Waals surface area contributed by atoms with E-state index in [-0.39, 0.29) is 103 Å². The first-order valence-electron chi connectivity index (χ1n) is 2.28. The molecule has 0 aliphatic carbocycles. The van der Waals surface area contributed by atoms with Crippen molar-refractivity contribution in [3.8, 4) is 0 Å². The molecule has 0 heterocycles. The van der Waals surface area contributed by atoms with Crippen molar-refractivity contribution in [3.05, 3.63) is 0 Å². The van der Waals surface area contributed by atoms with Gasteiger partial charge in [0, 0.05) is 0 Å². The van der Waals surface area contributed by atoms with Crippen LogP contribution in [0.4, 0.5) is 0 Å². The first-order valence-corrected chi connectivity index (χ1v) is 5.44. The van der Waals surface area contributed by atoms with Crippen LogP contribution in [0.1, 0.15) is 0 Å². The van der Waals surface area contributed by atoms with Crippen molar-refractivity contribution in [2.75, 3.05) is 11.8 Å². The number of hydrogen-bond donors (Lipinski definition) is 1. The first-order chi connectivity index (χ1) is 4.71. The van der Waals surface area contributed by atoms with Gasteiger partial charge in [-0.2, -0.15) is 0 Å². The molecular formula is C2H5K2NO6S2. The van der Waals surface area contributed by atoms with E-state index >= 15 is 0 Å². The van der Waals surface area contributed by atoms with E-state index in [0.717, 1.165) is 0 Å². The number of hydrogen-bond acceptors (Lipinski definition) is 7. The molecule has 0 aliphatic rings. The summed E-state index contributed by atoms with van der Waals surface area (Å²) in [6, 6.07) is 0. The Labute approximate surface area is 162 Å². The molecule has 0 aromatic rings. The minimum Gasteiger partial charge on any atom is -0.747 e. The molecule has 0 aliphatic heterocycles. The van der Waals surface area contributed by atoms with Crippen molar-refractivity contribution < 1.29 is 129 Å². The average Bonchev–Trinajstić information content (AvgIpc) is 1.55. The number of rotatable bonds is 4. The van der Waals surface area contributed by atoms with Gasteiger partial charge in [-0.15, -0.1) is 0 Å². The second-order valence-corrected chi connectivity index (χ2v) is 4.46. The minimum absolute atomic E-state index is 0. The van der Waals surface area contributed by atoms with Gasteiger partial charge < -0.3 is 9.11 Å². The Bertz CT molecular complexity index is 276. The Morgan fingerprint density at radius 1 is 0.846 bits per heavy atom. The topological polar surface area (TPSA) is 126 Å². The van der Waals surface area contributed by atoms with E-state index in [0.29, 0.717) is 0 Å². The number of nitrogens with one attached hydrogen (secondary N) is 1. The van der Waals surface area contributed by atoms with Gasteiger partial charge >= 0.3 is 103 Å². The van der Waals surface area contributed by atoms with Crippen molar-refractivity contribution in [2.45, 2.75) is 0 Å². The molecular weight excluding hydrogens is 276 g/mol. The van der Waals surface area contributed by atoms with Gasteiger partial charge in [0.25, 0.3) is 0 Å². The Morgan fingerprint density at radius 2 is 1.08 bits per heavy atom. The smallest absolute Gasteiger partial charge is 0.747 e. The second kappa shape index (κ2) is 9.12. The van der Waals surface area contributed by atoms with E-state index in [9.17, 15) is 25.9 Å². The zero-order valence-electron chi connectivity index (χ0n) is 7.18. The Kier molecular flexibility index (Phi) is 15.0. The third kappa shape index (κ3) is 21.0. The molecule has 0 aromatic heterocycles. The van der Waals surface area contributed by atoms with Gasteiger partial charge in [-0.05, 0) is 0 Å². The fraction of sp³-hybridized carbons (Fsp3) is 1.00. The van der Waals surface area contributed by atoms with Crippen molar-refractivity contribution >= 4 is 20.2 Å². The monoisotopic (exact) mass is 281 g/mol. The van der Waals surface area contributed by atoms with Crippen LogP contribution in [0.2, 0.25) is 0 Å². The van der Waals surface area contributed by atoms with E-state index in [4.69, 9.17) is 0 Å². The summed E-state index contributed by atoms with van der Waals surface area (Å²) in [6.45, 7) is 0. The quantitative estimate of drug-likeness (QED) is 0.400. The summed E-state index contributed by atoms with van der Waals surface area (Å²) in [5.41, 5.74) is 0. The zero-order valence-corrected chi connectivity index (χ0v) is 15.1. The predicted octanol–water partition coefficient (Wildman–Crippen LogP) is -8.41. The minimum atomic E-state index is -4.51. The molecule has 0 fully saturated rings. The van der Waals surface area contributed by atoms with Crippen molar-refractivity contribution in [3.63, 3.8) is 0 Å². The molecule has 0 aromatic carbocycles. The van der Waals surface area contributed by atoms with E-state index in [1.807, 2.05) is 0 Å². The first kappa shape index (κ1) is 21.3. The molecule has 11 heteroatoms. The van der Waals surface area contributed by atoms with Gasteiger partial charge in [0.1, 0.15) is 20.2 Å². The van der Waals surface area contributed by atoms with Crippen molar-refractivity contribution in [2.24, 2.45) is 0 Å².